The van der Waals surface area contributed by atoms with E-state index >= 15 is 0 Å². The van der Waals surface area contributed by atoms with Crippen LogP contribution >= 0.6 is 0 Å². The third-order valence-corrected chi connectivity index (χ3v) is 2.72. The number of carbonyl (C=O) groups is 1. The normalized spacial score (nSPS) is 9.74. The molecule has 0 bridgehead atoms. The Kier molecular flexibility index (Phi) is 3.53. The lowest BCUT2D eigenvalue weighted by atomic mass is 10.2. The molecule has 0 saturated carbocycles. The van der Waals surface area contributed by atoms with Crippen LogP contribution in [0.25, 0.3) is 5.69 Å². The first-order chi connectivity index (χ1) is 9.21. The van der Waals surface area contributed by atoms with Crippen molar-refractivity contribution in [1.29, 1.82) is 5.26 Å². The molecule has 0 amide bonds. The van der Waals surface area contributed by atoms with Gasteiger partial charge in [0.15, 0.2) is 0 Å². The predicted octanol–water partition coefficient (Wildman–Crippen LogP) is 2.14. The van der Waals surface area contributed by atoms with Crippen LogP contribution in [0.3, 0.4) is 0 Å². The fourth-order valence-corrected chi connectivity index (χ4v) is 1.81. The summed E-state index contributed by atoms with van der Waals surface area (Å²) in [6, 6.07) is 10.4. The second-order valence-electron chi connectivity index (χ2n) is 3.75. The molecule has 19 heavy (non-hydrogen) atoms. The van der Waals surface area contributed by atoms with Gasteiger partial charge in [-0.1, -0.05) is 0 Å². The van der Waals surface area contributed by atoms with Gasteiger partial charge in [0.25, 0.3) is 0 Å². The first-order valence-electron chi connectivity index (χ1n) is 5.55. The molecular weight excluding hydrogens is 244 g/mol. The summed E-state index contributed by atoms with van der Waals surface area (Å²) in [5, 5.41) is 9.05. The van der Waals surface area contributed by atoms with Crippen LogP contribution in [0.15, 0.2) is 36.5 Å². The minimum Gasteiger partial charge on any atom is -0.495 e. The van der Waals surface area contributed by atoms with Gasteiger partial charge in [0.1, 0.15) is 17.5 Å². The van der Waals surface area contributed by atoms with Crippen LogP contribution < -0.4 is 4.74 Å². The molecule has 1 aromatic heterocycles. The molecule has 2 aromatic rings. The summed E-state index contributed by atoms with van der Waals surface area (Å²) in [7, 11) is 2.86. The topological polar surface area (TPSA) is 64.2 Å². The van der Waals surface area contributed by atoms with Gasteiger partial charge < -0.3 is 14.0 Å². The number of methoxy groups -OCH3 is 2. The molecule has 0 fully saturated rings. The standard InChI is InChI=1S/C14H12N2O3/c1-18-13-6-5-10(14(17)19-2)8-12(13)16-7-3-4-11(16)9-15/h3-8H,1-2H3. The van der Waals surface area contributed by atoms with Crippen LogP contribution in [0, 0.1) is 11.3 Å². The van der Waals surface area contributed by atoms with E-state index in [1.54, 1.807) is 41.1 Å². The lowest BCUT2D eigenvalue weighted by Crippen LogP contribution is -2.05. The summed E-state index contributed by atoms with van der Waals surface area (Å²) < 4.78 is 11.6. The molecular formula is C14H12N2O3. The monoisotopic (exact) mass is 256 g/mol. The molecule has 96 valence electrons. The lowest BCUT2D eigenvalue weighted by molar-refractivity contribution is 0.0600. The summed E-state index contributed by atoms with van der Waals surface area (Å²) in [6.45, 7) is 0. The fourth-order valence-electron chi connectivity index (χ4n) is 1.81. The largest absolute Gasteiger partial charge is 0.495 e. The number of ether oxygens (including phenoxy) is 2. The van der Waals surface area contributed by atoms with Crippen molar-refractivity contribution in [3.05, 3.63) is 47.8 Å². The SMILES string of the molecule is COC(=O)c1ccc(OC)c(-n2cccc2C#N)c1. The number of carbonyl (C=O) groups excluding carboxylic acids is 1. The smallest absolute Gasteiger partial charge is 0.337 e. The van der Waals surface area contributed by atoms with Crippen molar-refractivity contribution in [1.82, 2.24) is 4.57 Å². The van der Waals surface area contributed by atoms with Crippen LogP contribution in [0.2, 0.25) is 0 Å². The molecule has 1 heterocycles. The Morgan fingerprint density at radius 1 is 1.32 bits per heavy atom. The zero-order valence-corrected chi connectivity index (χ0v) is 10.6. The van der Waals surface area contributed by atoms with Crippen molar-refractivity contribution in [2.24, 2.45) is 0 Å². The summed E-state index contributed by atoms with van der Waals surface area (Å²) in [4.78, 5) is 11.6. The number of aromatic nitrogens is 1. The lowest BCUT2D eigenvalue weighted by Gasteiger charge is -2.12. The van der Waals surface area contributed by atoms with Gasteiger partial charge >= 0.3 is 5.97 Å². The van der Waals surface area contributed by atoms with E-state index in [9.17, 15) is 4.79 Å². The van der Waals surface area contributed by atoms with Crippen LogP contribution in [0.1, 0.15) is 16.1 Å². The van der Waals surface area contributed by atoms with E-state index in [0.717, 1.165) is 0 Å². The Morgan fingerprint density at radius 3 is 2.74 bits per heavy atom. The maximum atomic E-state index is 11.6. The van der Waals surface area contributed by atoms with E-state index in [2.05, 4.69) is 10.8 Å². The highest BCUT2D eigenvalue weighted by Gasteiger charge is 2.13. The predicted molar refractivity (Wildman–Crippen MR) is 68.4 cm³/mol. The number of nitriles is 1. The third-order valence-electron chi connectivity index (χ3n) is 2.72. The van der Waals surface area contributed by atoms with Crippen molar-refractivity contribution in [2.45, 2.75) is 0 Å². The van der Waals surface area contributed by atoms with Crippen molar-refractivity contribution < 1.29 is 14.3 Å². The molecule has 0 radical (unpaired) electrons. The minimum atomic E-state index is -0.436. The van der Waals surface area contributed by atoms with Crippen molar-refractivity contribution >= 4 is 5.97 Å². The zero-order chi connectivity index (χ0) is 13.8. The second-order valence-corrected chi connectivity index (χ2v) is 3.75. The Morgan fingerprint density at radius 2 is 2.11 bits per heavy atom. The van der Waals surface area contributed by atoms with Gasteiger partial charge in [0.05, 0.1) is 25.5 Å². The van der Waals surface area contributed by atoms with E-state index < -0.39 is 5.97 Å². The summed E-state index contributed by atoms with van der Waals surface area (Å²) in [5.41, 5.74) is 1.48. The third kappa shape index (κ3) is 2.29. The van der Waals surface area contributed by atoms with Gasteiger partial charge in [-0.25, -0.2) is 4.79 Å². The first-order valence-corrected chi connectivity index (χ1v) is 5.55. The van der Waals surface area contributed by atoms with Gasteiger partial charge in [-0.3, -0.25) is 0 Å². The number of rotatable bonds is 3. The molecule has 0 unspecified atom stereocenters. The first kappa shape index (κ1) is 12.7. The van der Waals surface area contributed by atoms with Crippen LogP contribution in [-0.2, 0) is 4.74 Å². The number of benzene rings is 1. The van der Waals surface area contributed by atoms with Gasteiger partial charge in [0.2, 0.25) is 0 Å². The molecule has 5 heteroatoms. The maximum absolute atomic E-state index is 11.6. The summed E-state index contributed by atoms with van der Waals surface area (Å²) in [5.74, 6) is 0.134. The molecule has 0 spiro atoms. The van der Waals surface area contributed by atoms with Crippen LogP contribution in [0.4, 0.5) is 0 Å². The molecule has 0 aliphatic heterocycles. The van der Waals surface area contributed by atoms with E-state index in [1.807, 2.05) is 0 Å². The molecule has 0 N–H and O–H groups in total. The molecule has 5 nitrogen and oxygen atoms in total. The maximum Gasteiger partial charge on any atom is 0.337 e. The Labute approximate surface area is 110 Å². The molecule has 1 aromatic carbocycles. The Hall–Kier alpha value is -2.74. The van der Waals surface area contributed by atoms with E-state index in [-0.39, 0.29) is 0 Å². The highest BCUT2D eigenvalue weighted by Crippen LogP contribution is 2.26. The van der Waals surface area contributed by atoms with Gasteiger partial charge in [-0.15, -0.1) is 0 Å². The average molecular weight is 256 g/mol. The van der Waals surface area contributed by atoms with Crippen molar-refractivity contribution in [3.8, 4) is 17.5 Å². The molecule has 2 rings (SSSR count). The summed E-state index contributed by atoms with van der Waals surface area (Å²) in [6.07, 6.45) is 1.73. The van der Waals surface area contributed by atoms with Crippen LogP contribution in [-0.4, -0.2) is 24.8 Å². The van der Waals surface area contributed by atoms with Gasteiger partial charge in [-0.2, -0.15) is 5.26 Å². The second kappa shape index (κ2) is 5.27. The molecule has 0 aliphatic carbocycles. The summed E-state index contributed by atoms with van der Waals surface area (Å²) >= 11 is 0. The Bertz CT molecular complexity index is 653. The highest BCUT2D eigenvalue weighted by molar-refractivity contribution is 5.90. The average Bonchev–Trinajstić information content (AvgIpc) is 2.93. The minimum absolute atomic E-state index is 0.399. The highest BCUT2D eigenvalue weighted by atomic mass is 16.5. The Balaban J connectivity index is 2.60. The van der Waals surface area contributed by atoms with Gasteiger partial charge in [-0.05, 0) is 30.3 Å². The number of nitrogens with zero attached hydrogens (tertiary/aromatic N) is 2. The van der Waals surface area contributed by atoms with E-state index in [1.165, 1.54) is 14.2 Å². The quantitative estimate of drug-likeness (QED) is 0.789. The number of hydrogen-bond donors (Lipinski definition) is 0. The van der Waals surface area contributed by atoms with E-state index in [4.69, 9.17) is 10.00 Å². The number of hydrogen-bond acceptors (Lipinski definition) is 4. The molecule has 0 atom stereocenters. The fraction of sp³-hybridized carbons (Fsp3) is 0.143. The van der Waals surface area contributed by atoms with Crippen molar-refractivity contribution in [2.75, 3.05) is 14.2 Å². The number of esters is 1. The zero-order valence-electron chi connectivity index (χ0n) is 10.6. The molecule has 0 saturated heterocycles. The molecule has 0 aliphatic rings. The van der Waals surface area contributed by atoms with E-state index in [0.29, 0.717) is 22.7 Å². The van der Waals surface area contributed by atoms with Crippen LogP contribution in [0.5, 0.6) is 5.75 Å². The van der Waals surface area contributed by atoms with Gasteiger partial charge in [0, 0.05) is 6.20 Å². The van der Waals surface area contributed by atoms with Crippen molar-refractivity contribution in [3.63, 3.8) is 0 Å².